The summed E-state index contributed by atoms with van der Waals surface area (Å²) in [7, 11) is 0. The second-order valence-electron chi connectivity index (χ2n) is 4.76. The van der Waals surface area contributed by atoms with Crippen LogP contribution in [0.4, 0.5) is 0 Å². The van der Waals surface area contributed by atoms with Crippen molar-refractivity contribution in [2.75, 3.05) is 13.4 Å². The number of fused-ring (bicyclic) bond motifs is 1. The van der Waals surface area contributed by atoms with Gasteiger partial charge in [-0.05, 0) is 30.0 Å². The smallest absolute Gasteiger partial charge is 0.306 e. The quantitative estimate of drug-likeness (QED) is 0.753. The van der Waals surface area contributed by atoms with Crippen LogP contribution in [0, 0.1) is 5.92 Å². The lowest BCUT2D eigenvalue weighted by molar-refractivity contribution is -0.144. The highest BCUT2D eigenvalue weighted by Crippen LogP contribution is 2.32. The zero-order valence-electron chi connectivity index (χ0n) is 10.8. The van der Waals surface area contributed by atoms with Crippen LogP contribution in [0.25, 0.3) is 0 Å². The maximum absolute atomic E-state index is 11.5. The lowest BCUT2D eigenvalue weighted by atomic mass is 10.1. The van der Waals surface area contributed by atoms with E-state index in [0.717, 1.165) is 17.1 Å². The molecule has 0 spiro atoms. The monoisotopic (exact) mass is 250 g/mol. The molecule has 2 rings (SSSR count). The number of ether oxygens (including phenoxy) is 3. The molecule has 0 aromatic heterocycles. The molecule has 0 amide bonds. The first kappa shape index (κ1) is 12.7. The Hall–Kier alpha value is -1.71. The molecule has 18 heavy (non-hydrogen) atoms. The van der Waals surface area contributed by atoms with E-state index in [1.54, 1.807) is 0 Å². The Morgan fingerprint density at radius 3 is 2.89 bits per heavy atom. The number of carbonyl (C=O) groups is 1. The minimum absolute atomic E-state index is 0.152. The molecule has 0 fully saturated rings. The first-order valence-corrected chi connectivity index (χ1v) is 6.19. The maximum Gasteiger partial charge on any atom is 0.306 e. The van der Waals surface area contributed by atoms with Crippen LogP contribution in [0.2, 0.25) is 0 Å². The molecule has 1 aliphatic heterocycles. The van der Waals surface area contributed by atoms with E-state index in [-0.39, 0.29) is 12.8 Å². The molecule has 98 valence electrons. The van der Waals surface area contributed by atoms with Gasteiger partial charge < -0.3 is 14.2 Å². The van der Waals surface area contributed by atoms with Gasteiger partial charge in [-0.25, -0.2) is 0 Å². The van der Waals surface area contributed by atoms with Gasteiger partial charge in [0.05, 0.1) is 6.61 Å². The van der Waals surface area contributed by atoms with Gasteiger partial charge in [0, 0.05) is 6.42 Å². The van der Waals surface area contributed by atoms with E-state index >= 15 is 0 Å². The zero-order valence-corrected chi connectivity index (χ0v) is 10.8. The summed E-state index contributed by atoms with van der Waals surface area (Å²) < 4.78 is 15.6. The second kappa shape index (κ2) is 5.76. The number of carbonyl (C=O) groups excluding carboxylic acids is 1. The number of hydrogen-bond acceptors (Lipinski definition) is 4. The van der Waals surface area contributed by atoms with E-state index in [0.29, 0.717) is 25.4 Å². The number of benzene rings is 1. The number of esters is 1. The fourth-order valence-electron chi connectivity index (χ4n) is 1.67. The molecule has 0 unspecified atom stereocenters. The van der Waals surface area contributed by atoms with Gasteiger partial charge in [0.1, 0.15) is 0 Å². The van der Waals surface area contributed by atoms with Crippen molar-refractivity contribution < 1.29 is 19.0 Å². The average Bonchev–Trinajstić information content (AvgIpc) is 2.81. The molecule has 0 radical (unpaired) electrons. The molecular weight excluding hydrogens is 232 g/mol. The zero-order chi connectivity index (χ0) is 13.0. The molecule has 0 aliphatic carbocycles. The van der Waals surface area contributed by atoms with Gasteiger partial charge in [0.2, 0.25) is 6.79 Å². The van der Waals surface area contributed by atoms with Gasteiger partial charge in [-0.2, -0.15) is 0 Å². The molecule has 0 atom stereocenters. The van der Waals surface area contributed by atoms with Crippen LogP contribution in [-0.2, 0) is 16.0 Å². The van der Waals surface area contributed by atoms with E-state index < -0.39 is 0 Å². The fourth-order valence-corrected chi connectivity index (χ4v) is 1.67. The van der Waals surface area contributed by atoms with Crippen LogP contribution in [0.1, 0.15) is 25.8 Å². The average molecular weight is 250 g/mol. The van der Waals surface area contributed by atoms with Crippen LogP contribution < -0.4 is 9.47 Å². The first-order chi connectivity index (χ1) is 8.65. The molecule has 0 saturated heterocycles. The SMILES string of the molecule is CC(C)COC(=O)CCc1ccc2c(c1)OCO2. The van der Waals surface area contributed by atoms with Gasteiger partial charge in [0.15, 0.2) is 11.5 Å². The van der Waals surface area contributed by atoms with Crippen LogP contribution in [-0.4, -0.2) is 19.4 Å². The van der Waals surface area contributed by atoms with E-state index in [1.807, 2.05) is 32.0 Å². The molecule has 1 aromatic rings. The lowest BCUT2D eigenvalue weighted by Gasteiger charge is -2.07. The van der Waals surface area contributed by atoms with Crippen molar-refractivity contribution in [3.63, 3.8) is 0 Å². The van der Waals surface area contributed by atoms with E-state index in [9.17, 15) is 4.79 Å². The maximum atomic E-state index is 11.5. The van der Waals surface area contributed by atoms with E-state index in [4.69, 9.17) is 14.2 Å². The molecule has 4 heteroatoms. The van der Waals surface area contributed by atoms with Crippen molar-refractivity contribution in [2.24, 2.45) is 5.92 Å². The Bertz CT molecular complexity index is 426. The molecule has 4 nitrogen and oxygen atoms in total. The van der Waals surface area contributed by atoms with Crippen molar-refractivity contribution in [2.45, 2.75) is 26.7 Å². The highest BCUT2D eigenvalue weighted by molar-refractivity contribution is 5.69. The third-order valence-electron chi connectivity index (χ3n) is 2.63. The Morgan fingerprint density at radius 1 is 1.33 bits per heavy atom. The molecule has 1 heterocycles. The summed E-state index contributed by atoms with van der Waals surface area (Å²) in [6, 6.07) is 5.73. The molecule has 0 saturated carbocycles. The summed E-state index contributed by atoms with van der Waals surface area (Å²) in [5.41, 5.74) is 1.06. The normalized spacial score (nSPS) is 12.8. The van der Waals surface area contributed by atoms with Crippen molar-refractivity contribution in [3.05, 3.63) is 23.8 Å². The van der Waals surface area contributed by atoms with Crippen molar-refractivity contribution in [1.82, 2.24) is 0 Å². The number of aryl methyl sites for hydroxylation is 1. The molecular formula is C14H18O4. The summed E-state index contributed by atoms with van der Waals surface area (Å²) in [4.78, 5) is 11.5. The highest BCUT2D eigenvalue weighted by atomic mass is 16.7. The largest absolute Gasteiger partial charge is 0.465 e. The van der Waals surface area contributed by atoms with Gasteiger partial charge in [0.25, 0.3) is 0 Å². The third kappa shape index (κ3) is 3.39. The van der Waals surface area contributed by atoms with Crippen molar-refractivity contribution >= 4 is 5.97 Å². The van der Waals surface area contributed by atoms with E-state index in [2.05, 4.69) is 0 Å². The topological polar surface area (TPSA) is 44.8 Å². The molecule has 0 N–H and O–H groups in total. The van der Waals surface area contributed by atoms with Gasteiger partial charge >= 0.3 is 5.97 Å². The third-order valence-corrected chi connectivity index (χ3v) is 2.63. The summed E-state index contributed by atoms with van der Waals surface area (Å²) >= 11 is 0. The van der Waals surface area contributed by atoms with Gasteiger partial charge in [-0.15, -0.1) is 0 Å². The van der Waals surface area contributed by atoms with Crippen LogP contribution >= 0.6 is 0 Å². The molecule has 0 bridgehead atoms. The fraction of sp³-hybridized carbons (Fsp3) is 0.500. The van der Waals surface area contributed by atoms with Crippen molar-refractivity contribution in [3.8, 4) is 11.5 Å². The predicted molar refractivity (Wildman–Crippen MR) is 66.7 cm³/mol. The summed E-state index contributed by atoms with van der Waals surface area (Å²) in [6.07, 6.45) is 1.06. The Kier molecular flexibility index (Phi) is 4.07. The summed E-state index contributed by atoms with van der Waals surface area (Å²) in [6.45, 7) is 4.80. The number of hydrogen-bond donors (Lipinski definition) is 0. The van der Waals surface area contributed by atoms with Gasteiger partial charge in [-0.3, -0.25) is 4.79 Å². The first-order valence-electron chi connectivity index (χ1n) is 6.19. The summed E-state index contributed by atoms with van der Waals surface area (Å²) in [5.74, 6) is 1.74. The number of rotatable bonds is 5. The van der Waals surface area contributed by atoms with E-state index in [1.165, 1.54) is 0 Å². The highest BCUT2D eigenvalue weighted by Gasteiger charge is 2.13. The molecule has 1 aromatic carbocycles. The minimum Gasteiger partial charge on any atom is -0.465 e. The Morgan fingerprint density at radius 2 is 2.11 bits per heavy atom. The standard InChI is InChI=1S/C14H18O4/c1-10(2)8-16-14(15)6-4-11-3-5-12-13(7-11)18-9-17-12/h3,5,7,10H,4,6,8-9H2,1-2H3. The van der Waals surface area contributed by atoms with Crippen LogP contribution in [0.3, 0.4) is 0 Å². The van der Waals surface area contributed by atoms with Crippen LogP contribution in [0.5, 0.6) is 11.5 Å². The van der Waals surface area contributed by atoms with Crippen LogP contribution in [0.15, 0.2) is 18.2 Å². The van der Waals surface area contributed by atoms with Crippen molar-refractivity contribution in [1.29, 1.82) is 0 Å². The van der Waals surface area contributed by atoms with Gasteiger partial charge in [-0.1, -0.05) is 19.9 Å². The Labute approximate surface area is 107 Å². The lowest BCUT2D eigenvalue weighted by Crippen LogP contribution is -2.10. The molecule has 1 aliphatic rings. The predicted octanol–water partition coefficient (Wildman–Crippen LogP) is 2.55. The minimum atomic E-state index is -0.152. The Balaban J connectivity index is 1.81. The second-order valence-corrected chi connectivity index (χ2v) is 4.76. The summed E-state index contributed by atoms with van der Waals surface area (Å²) in [5, 5.41) is 0.